The average Bonchev–Trinajstić information content (AvgIpc) is 2.88. The highest BCUT2D eigenvalue weighted by molar-refractivity contribution is 9.10. The maximum Gasteiger partial charge on any atom is 0.261 e. The van der Waals surface area contributed by atoms with Gasteiger partial charge in [-0.1, -0.05) is 41.1 Å². The molecule has 136 valence electrons. The van der Waals surface area contributed by atoms with Gasteiger partial charge in [-0.15, -0.1) is 6.42 Å². The Morgan fingerprint density at radius 3 is 2.58 bits per heavy atom. The Kier molecular flexibility index (Phi) is 5.77. The van der Waals surface area contributed by atoms with E-state index in [1.807, 2.05) is 0 Å². The first kappa shape index (κ1) is 18.7. The highest BCUT2D eigenvalue weighted by atomic mass is 79.9. The highest BCUT2D eigenvalue weighted by Crippen LogP contribution is 2.27. The van der Waals surface area contributed by atoms with E-state index in [0.29, 0.717) is 11.1 Å². The third-order valence-electron chi connectivity index (χ3n) is 5.08. The van der Waals surface area contributed by atoms with E-state index in [4.69, 9.17) is 6.42 Å². The number of hydrogen-bond donors (Lipinski definition) is 0. The van der Waals surface area contributed by atoms with Gasteiger partial charge in [0.1, 0.15) is 0 Å². The molecule has 1 aromatic rings. The summed E-state index contributed by atoms with van der Waals surface area (Å²) < 4.78 is 0.743. The van der Waals surface area contributed by atoms with Crippen LogP contribution in [0.5, 0.6) is 0 Å². The van der Waals surface area contributed by atoms with E-state index in [-0.39, 0.29) is 43.3 Å². The first-order valence-corrected chi connectivity index (χ1v) is 9.71. The van der Waals surface area contributed by atoms with Crippen molar-refractivity contribution in [2.75, 3.05) is 13.1 Å². The third kappa shape index (κ3) is 3.68. The molecule has 1 aliphatic carbocycles. The summed E-state index contributed by atoms with van der Waals surface area (Å²) in [5.41, 5.74) is 0.767. The van der Waals surface area contributed by atoms with Crippen LogP contribution in [-0.2, 0) is 4.79 Å². The first-order valence-electron chi connectivity index (χ1n) is 8.91. The Bertz CT molecular complexity index is 778. The second-order valence-corrected chi connectivity index (χ2v) is 7.64. The summed E-state index contributed by atoms with van der Waals surface area (Å²) >= 11 is 3.31. The van der Waals surface area contributed by atoms with E-state index in [9.17, 15) is 14.4 Å². The van der Waals surface area contributed by atoms with Crippen LogP contribution in [0.3, 0.4) is 0 Å². The van der Waals surface area contributed by atoms with Gasteiger partial charge in [-0.2, -0.15) is 0 Å². The van der Waals surface area contributed by atoms with Crippen molar-refractivity contribution < 1.29 is 14.4 Å². The van der Waals surface area contributed by atoms with Crippen molar-refractivity contribution in [2.24, 2.45) is 0 Å². The Morgan fingerprint density at radius 1 is 1.19 bits per heavy atom. The number of terminal acetylenes is 1. The summed E-state index contributed by atoms with van der Waals surface area (Å²) in [5, 5.41) is 0. The number of amides is 3. The number of carbonyl (C=O) groups excluding carboxylic acids is 3. The van der Waals surface area contributed by atoms with Crippen LogP contribution in [-0.4, -0.2) is 46.7 Å². The van der Waals surface area contributed by atoms with Crippen LogP contribution in [0.1, 0.15) is 59.2 Å². The molecule has 0 radical (unpaired) electrons. The average molecular weight is 417 g/mol. The quantitative estimate of drug-likeness (QED) is 0.546. The largest absolute Gasteiger partial charge is 0.329 e. The van der Waals surface area contributed by atoms with E-state index in [1.165, 1.54) is 6.42 Å². The molecule has 6 heteroatoms. The number of nitrogens with zero attached hydrogens (tertiary/aromatic N) is 2. The molecular weight excluding hydrogens is 396 g/mol. The van der Waals surface area contributed by atoms with E-state index >= 15 is 0 Å². The van der Waals surface area contributed by atoms with Crippen LogP contribution >= 0.6 is 15.9 Å². The SMILES string of the molecule is C#CCN(C(=O)CCN1C(=O)c2ccc(Br)cc2C1=O)C1CCCCC1. The van der Waals surface area contributed by atoms with Crippen LogP contribution in [0.15, 0.2) is 22.7 Å². The van der Waals surface area contributed by atoms with E-state index in [1.54, 1.807) is 23.1 Å². The molecular formula is C20H21BrN2O3. The number of halogens is 1. The fraction of sp³-hybridized carbons (Fsp3) is 0.450. The third-order valence-corrected chi connectivity index (χ3v) is 5.57. The molecule has 0 spiro atoms. The zero-order valence-electron chi connectivity index (χ0n) is 14.5. The van der Waals surface area contributed by atoms with Gasteiger partial charge in [-0.05, 0) is 31.0 Å². The normalized spacial score (nSPS) is 17.2. The predicted octanol–water partition coefficient (Wildman–Crippen LogP) is 3.23. The molecule has 26 heavy (non-hydrogen) atoms. The van der Waals surface area contributed by atoms with Crippen molar-refractivity contribution in [1.82, 2.24) is 9.80 Å². The standard InChI is InChI=1S/C20H21BrN2O3/c1-2-11-22(15-6-4-3-5-7-15)18(24)10-12-23-19(25)16-9-8-14(21)13-17(16)20(23)26/h1,8-9,13,15H,3-7,10-12H2. The van der Waals surface area contributed by atoms with Gasteiger partial charge in [0.2, 0.25) is 5.91 Å². The van der Waals surface area contributed by atoms with Gasteiger partial charge in [0.15, 0.2) is 0 Å². The van der Waals surface area contributed by atoms with Crippen LogP contribution < -0.4 is 0 Å². The van der Waals surface area contributed by atoms with Gasteiger partial charge in [-0.25, -0.2) is 0 Å². The second-order valence-electron chi connectivity index (χ2n) is 6.72. The molecule has 3 amide bonds. The molecule has 0 aromatic heterocycles. The van der Waals surface area contributed by atoms with Crippen molar-refractivity contribution in [3.63, 3.8) is 0 Å². The molecule has 0 atom stereocenters. The van der Waals surface area contributed by atoms with Crippen LogP contribution in [0.2, 0.25) is 0 Å². The van der Waals surface area contributed by atoms with Crippen molar-refractivity contribution >= 4 is 33.7 Å². The maximum atomic E-state index is 12.7. The Labute approximate surface area is 161 Å². The zero-order valence-corrected chi connectivity index (χ0v) is 16.1. The zero-order chi connectivity index (χ0) is 18.7. The van der Waals surface area contributed by atoms with Gasteiger partial charge in [-0.3, -0.25) is 19.3 Å². The first-order chi connectivity index (χ1) is 12.5. The summed E-state index contributed by atoms with van der Waals surface area (Å²) in [6.07, 6.45) is 10.9. The minimum Gasteiger partial charge on any atom is -0.329 e. The molecule has 2 aliphatic rings. The number of benzene rings is 1. The fourth-order valence-corrected chi connectivity index (χ4v) is 4.09. The van der Waals surface area contributed by atoms with Crippen LogP contribution in [0, 0.1) is 12.3 Å². The van der Waals surface area contributed by atoms with Gasteiger partial charge in [0.05, 0.1) is 17.7 Å². The summed E-state index contributed by atoms with van der Waals surface area (Å²) in [6, 6.07) is 5.18. The van der Waals surface area contributed by atoms with Crippen molar-refractivity contribution in [1.29, 1.82) is 0 Å². The van der Waals surface area contributed by atoms with Gasteiger partial charge in [0, 0.05) is 23.5 Å². The van der Waals surface area contributed by atoms with Crippen LogP contribution in [0.25, 0.3) is 0 Å². The number of rotatable bonds is 5. The molecule has 0 N–H and O–H groups in total. The number of hydrogen-bond acceptors (Lipinski definition) is 3. The minimum absolute atomic E-state index is 0.0800. The Balaban J connectivity index is 1.66. The highest BCUT2D eigenvalue weighted by Gasteiger charge is 2.36. The van der Waals surface area contributed by atoms with Crippen LogP contribution in [0.4, 0.5) is 0 Å². The number of carbonyl (C=O) groups is 3. The van der Waals surface area contributed by atoms with Crippen molar-refractivity contribution in [3.05, 3.63) is 33.8 Å². The fourth-order valence-electron chi connectivity index (χ4n) is 3.73. The number of fused-ring (bicyclic) bond motifs is 1. The lowest BCUT2D eigenvalue weighted by Gasteiger charge is -2.33. The second kappa shape index (κ2) is 8.05. The molecule has 1 aromatic carbocycles. The molecule has 5 nitrogen and oxygen atoms in total. The lowest BCUT2D eigenvalue weighted by molar-refractivity contribution is -0.133. The molecule has 0 bridgehead atoms. The summed E-state index contributed by atoms with van der Waals surface area (Å²) in [6.45, 7) is 0.356. The molecule has 0 saturated heterocycles. The van der Waals surface area contributed by atoms with Gasteiger partial charge in [0.25, 0.3) is 11.8 Å². The van der Waals surface area contributed by atoms with Gasteiger partial charge < -0.3 is 4.90 Å². The van der Waals surface area contributed by atoms with E-state index in [0.717, 1.165) is 35.1 Å². The topological polar surface area (TPSA) is 57.7 Å². The molecule has 1 fully saturated rings. The predicted molar refractivity (Wildman–Crippen MR) is 102 cm³/mol. The lowest BCUT2D eigenvalue weighted by atomic mass is 9.94. The molecule has 1 saturated carbocycles. The molecule has 1 aliphatic heterocycles. The molecule has 0 unspecified atom stereocenters. The number of imide groups is 1. The summed E-state index contributed by atoms with van der Waals surface area (Å²) in [5.74, 6) is 1.79. The maximum absolute atomic E-state index is 12.7. The summed E-state index contributed by atoms with van der Waals surface area (Å²) in [4.78, 5) is 40.6. The van der Waals surface area contributed by atoms with E-state index < -0.39 is 0 Å². The minimum atomic E-state index is -0.347. The molecule has 3 rings (SSSR count). The molecule has 1 heterocycles. The smallest absolute Gasteiger partial charge is 0.261 e. The lowest BCUT2D eigenvalue weighted by Crippen LogP contribution is -2.43. The summed E-state index contributed by atoms with van der Waals surface area (Å²) in [7, 11) is 0. The van der Waals surface area contributed by atoms with Crippen molar-refractivity contribution in [3.8, 4) is 12.3 Å². The van der Waals surface area contributed by atoms with Gasteiger partial charge >= 0.3 is 0 Å². The monoisotopic (exact) mass is 416 g/mol. The van der Waals surface area contributed by atoms with E-state index in [2.05, 4.69) is 21.9 Å². The Morgan fingerprint density at radius 2 is 1.88 bits per heavy atom. The van der Waals surface area contributed by atoms with Crippen molar-refractivity contribution in [2.45, 2.75) is 44.6 Å². The Hall–Kier alpha value is -2.13.